The fraction of sp³-hybridized carbons (Fsp3) is 0.417. The predicted octanol–water partition coefficient (Wildman–Crippen LogP) is -0.469. The molecular weight excluding hydrogens is 284 g/mol. The molecule has 1 aromatic carbocycles. The Bertz CT molecular complexity index is 566. The third kappa shape index (κ3) is 5.55. The van der Waals surface area contributed by atoms with Crippen LogP contribution in [0, 0.1) is 0 Å². The van der Waals surface area contributed by atoms with E-state index in [1.54, 1.807) is 0 Å². The second-order valence-corrected chi connectivity index (χ2v) is 6.54. The molecule has 0 spiro atoms. The SMILES string of the molecule is CC(O)(CO)CNC(=O)c1ccc(NS(C)(=O)=O)cc1. The Balaban J connectivity index is 2.67. The third-order valence-corrected chi connectivity index (χ3v) is 3.03. The van der Waals surface area contributed by atoms with E-state index < -0.39 is 28.1 Å². The number of carbonyl (C=O) groups excluding carboxylic acids is 1. The molecule has 0 bridgehead atoms. The van der Waals surface area contributed by atoms with Gasteiger partial charge in [0.05, 0.1) is 12.9 Å². The van der Waals surface area contributed by atoms with Crippen LogP contribution in [0.3, 0.4) is 0 Å². The number of benzene rings is 1. The third-order valence-electron chi connectivity index (χ3n) is 2.42. The average Bonchev–Trinajstić information content (AvgIpc) is 2.35. The van der Waals surface area contributed by atoms with E-state index in [4.69, 9.17) is 5.11 Å². The van der Waals surface area contributed by atoms with E-state index in [1.807, 2.05) is 0 Å². The number of hydrogen-bond donors (Lipinski definition) is 4. The summed E-state index contributed by atoms with van der Waals surface area (Å²) < 4.78 is 24.3. The molecule has 0 aliphatic carbocycles. The molecule has 0 fully saturated rings. The molecule has 0 saturated carbocycles. The maximum Gasteiger partial charge on any atom is 0.251 e. The predicted molar refractivity (Wildman–Crippen MR) is 75.0 cm³/mol. The molecule has 8 heteroatoms. The van der Waals surface area contributed by atoms with Gasteiger partial charge in [-0.1, -0.05) is 0 Å². The van der Waals surface area contributed by atoms with Gasteiger partial charge in [-0.25, -0.2) is 8.42 Å². The van der Waals surface area contributed by atoms with Gasteiger partial charge in [0, 0.05) is 17.8 Å². The molecule has 0 heterocycles. The minimum atomic E-state index is -3.35. The number of hydrogen-bond acceptors (Lipinski definition) is 5. The van der Waals surface area contributed by atoms with E-state index in [2.05, 4.69) is 10.0 Å². The maximum atomic E-state index is 11.8. The van der Waals surface area contributed by atoms with Gasteiger partial charge in [-0.15, -0.1) is 0 Å². The van der Waals surface area contributed by atoms with Gasteiger partial charge in [0.25, 0.3) is 5.91 Å². The topological polar surface area (TPSA) is 116 Å². The number of sulfonamides is 1. The molecule has 7 nitrogen and oxygen atoms in total. The monoisotopic (exact) mass is 302 g/mol. The van der Waals surface area contributed by atoms with Crippen molar-refractivity contribution < 1.29 is 23.4 Å². The summed E-state index contributed by atoms with van der Waals surface area (Å²) in [6.07, 6.45) is 1.03. The second kappa shape index (κ2) is 6.21. The van der Waals surface area contributed by atoms with Crippen molar-refractivity contribution in [3.8, 4) is 0 Å². The Morgan fingerprint density at radius 1 is 1.30 bits per heavy atom. The Hall–Kier alpha value is -1.64. The number of amides is 1. The van der Waals surface area contributed by atoms with Crippen LogP contribution in [-0.2, 0) is 10.0 Å². The lowest BCUT2D eigenvalue weighted by Gasteiger charge is -2.20. The maximum absolute atomic E-state index is 11.8. The van der Waals surface area contributed by atoms with Crippen LogP contribution in [0.5, 0.6) is 0 Å². The lowest BCUT2D eigenvalue weighted by atomic mass is 10.1. The van der Waals surface area contributed by atoms with Crippen molar-refractivity contribution in [3.05, 3.63) is 29.8 Å². The summed E-state index contributed by atoms with van der Waals surface area (Å²) in [5.41, 5.74) is -0.711. The van der Waals surface area contributed by atoms with E-state index in [1.165, 1.54) is 31.2 Å². The molecule has 0 aliphatic heterocycles. The summed E-state index contributed by atoms with van der Waals surface area (Å²) in [4.78, 5) is 11.8. The molecule has 1 rings (SSSR count). The van der Waals surface area contributed by atoms with E-state index in [9.17, 15) is 18.3 Å². The van der Waals surface area contributed by atoms with E-state index in [0.717, 1.165) is 6.26 Å². The first-order valence-electron chi connectivity index (χ1n) is 5.82. The first kappa shape index (κ1) is 16.4. The number of rotatable bonds is 6. The molecule has 1 unspecified atom stereocenters. The van der Waals surface area contributed by atoms with Crippen LogP contribution in [-0.4, -0.2) is 49.5 Å². The summed E-state index contributed by atoms with van der Waals surface area (Å²) in [7, 11) is -3.35. The summed E-state index contributed by atoms with van der Waals surface area (Å²) in [6, 6.07) is 5.83. The van der Waals surface area contributed by atoms with Crippen molar-refractivity contribution in [2.45, 2.75) is 12.5 Å². The van der Waals surface area contributed by atoms with Crippen LogP contribution in [0.25, 0.3) is 0 Å². The van der Waals surface area contributed by atoms with Crippen molar-refractivity contribution in [2.75, 3.05) is 24.1 Å². The number of carbonyl (C=O) groups is 1. The van der Waals surface area contributed by atoms with Gasteiger partial charge in [0.2, 0.25) is 10.0 Å². The average molecular weight is 302 g/mol. The highest BCUT2D eigenvalue weighted by atomic mass is 32.2. The smallest absolute Gasteiger partial charge is 0.251 e. The number of aliphatic hydroxyl groups excluding tert-OH is 1. The zero-order chi connectivity index (χ0) is 15.4. The zero-order valence-corrected chi connectivity index (χ0v) is 12.1. The molecule has 4 N–H and O–H groups in total. The molecule has 1 atom stereocenters. The summed E-state index contributed by atoms with van der Waals surface area (Å²) in [6.45, 7) is 0.836. The minimum Gasteiger partial charge on any atom is -0.393 e. The van der Waals surface area contributed by atoms with Gasteiger partial charge in [-0.05, 0) is 31.2 Å². The number of anilines is 1. The molecule has 0 aliphatic rings. The summed E-state index contributed by atoms with van der Waals surface area (Å²) in [5.74, 6) is -0.426. The van der Waals surface area contributed by atoms with Crippen molar-refractivity contribution >= 4 is 21.6 Å². The Morgan fingerprint density at radius 3 is 2.30 bits per heavy atom. The van der Waals surface area contributed by atoms with E-state index in [0.29, 0.717) is 11.3 Å². The fourth-order valence-corrected chi connectivity index (χ4v) is 1.90. The Labute approximate surface area is 117 Å². The minimum absolute atomic E-state index is 0.0916. The summed E-state index contributed by atoms with van der Waals surface area (Å²) in [5, 5.41) is 20.9. The highest BCUT2D eigenvalue weighted by molar-refractivity contribution is 7.92. The molecule has 1 aromatic rings. The highest BCUT2D eigenvalue weighted by Crippen LogP contribution is 2.11. The van der Waals surface area contributed by atoms with E-state index in [-0.39, 0.29) is 6.54 Å². The van der Waals surface area contributed by atoms with Gasteiger partial charge >= 0.3 is 0 Å². The standard InChI is InChI=1S/C12H18N2O5S/c1-12(17,8-15)7-13-11(16)9-3-5-10(6-4-9)14-20(2,18)19/h3-6,14-15,17H,7-8H2,1-2H3,(H,13,16). The molecule has 112 valence electrons. The lowest BCUT2D eigenvalue weighted by Crippen LogP contribution is -2.43. The van der Waals surface area contributed by atoms with Crippen LogP contribution >= 0.6 is 0 Å². The fourth-order valence-electron chi connectivity index (χ4n) is 1.33. The van der Waals surface area contributed by atoms with Crippen LogP contribution in [0.1, 0.15) is 17.3 Å². The Morgan fingerprint density at radius 2 is 1.85 bits per heavy atom. The molecule has 0 radical (unpaired) electrons. The lowest BCUT2D eigenvalue weighted by molar-refractivity contribution is 0.00320. The van der Waals surface area contributed by atoms with Crippen LogP contribution in [0.4, 0.5) is 5.69 Å². The molecule has 20 heavy (non-hydrogen) atoms. The van der Waals surface area contributed by atoms with Gasteiger partial charge in [-0.3, -0.25) is 9.52 Å². The molecular formula is C12H18N2O5S. The first-order valence-corrected chi connectivity index (χ1v) is 7.71. The zero-order valence-electron chi connectivity index (χ0n) is 11.3. The van der Waals surface area contributed by atoms with Crippen LogP contribution in [0.15, 0.2) is 24.3 Å². The number of aliphatic hydroxyl groups is 2. The number of nitrogens with one attached hydrogen (secondary N) is 2. The second-order valence-electron chi connectivity index (χ2n) is 4.79. The van der Waals surface area contributed by atoms with Crippen molar-refractivity contribution in [1.82, 2.24) is 5.32 Å². The van der Waals surface area contributed by atoms with Gasteiger partial charge < -0.3 is 15.5 Å². The van der Waals surface area contributed by atoms with Crippen molar-refractivity contribution in [3.63, 3.8) is 0 Å². The van der Waals surface area contributed by atoms with Gasteiger partial charge in [0.1, 0.15) is 5.60 Å². The van der Waals surface area contributed by atoms with Crippen LogP contribution in [0.2, 0.25) is 0 Å². The normalized spacial score (nSPS) is 14.4. The quantitative estimate of drug-likeness (QED) is 0.567. The first-order chi connectivity index (χ1) is 9.13. The van der Waals surface area contributed by atoms with Gasteiger partial charge in [-0.2, -0.15) is 0 Å². The van der Waals surface area contributed by atoms with Crippen molar-refractivity contribution in [1.29, 1.82) is 0 Å². The van der Waals surface area contributed by atoms with Crippen molar-refractivity contribution in [2.24, 2.45) is 0 Å². The Kier molecular flexibility index (Phi) is 5.09. The molecule has 1 amide bonds. The van der Waals surface area contributed by atoms with E-state index >= 15 is 0 Å². The van der Waals surface area contributed by atoms with Crippen LogP contribution < -0.4 is 10.0 Å². The van der Waals surface area contributed by atoms with Gasteiger partial charge in [0.15, 0.2) is 0 Å². The highest BCUT2D eigenvalue weighted by Gasteiger charge is 2.20. The molecule has 0 saturated heterocycles. The largest absolute Gasteiger partial charge is 0.393 e. The molecule has 0 aromatic heterocycles. The summed E-state index contributed by atoms with van der Waals surface area (Å²) >= 11 is 0.